The van der Waals surface area contributed by atoms with Gasteiger partial charge in [0.05, 0.1) is 23.7 Å². The Hall–Kier alpha value is -3.56. The Labute approximate surface area is 215 Å². The molecule has 2 saturated heterocycles. The third kappa shape index (κ3) is 5.89. The molecule has 2 fully saturated rings. The second-order valence-corrected chi connectivity index (χ2v) is 10.2. The minimum Gasteiger partial charge on any atom is -0.481 e. The van der Waals surface area contributed by atoms with Crippen LogP contribution in [0.4, 0.5) is 0 Å². The summed E-state index contributed by atoms with van der Waals surface area (Å²) in [7, 11) is 0. The maximum atomic E-state index is 11.9. The van der Waals surface area contributed by atoms with Crippen LogP contribution < -0.4 is 10.6 Å². The van der Waals surface area contributed by atoms with Gasteiger partial charge in [0.25, 0.3) is 0 Å². The lowest BCUT2D eigenvalue weighted by atomic mass is 9.86. The molecule has 37 heavy (non-hydrogen) atoms. The van der Waals surface area contributed by atoms with Gasteiger partial charge in [0, 0.05) is 5.56 Å². The topological polar surface area (TPSA) is 129 Å². The monoisotopic (exact) mass is 503 g/mol. The second kappa shape index (κ2) is 11.2. The number of aromatic nitrogens is 3. The largest absolute Gasteiger partial charge is 0.481 e. The molecule has 0 radical (unpaired) electrons. The molecular formula is C28H33N5O4. The molecule has 9 heteroatoms. The molecule has 2 aromatic carbocycles. The van der Waals surface area contributed by atoms with E-state index in [9.17, 15) is 19.8 Å². The zero-order chi connectivity index (χ0) is 25.8. The van der Waals surface area contributed by atoms with Gasteiger partial charge in [-0.2, -0.15) is 0 Å². The standard InChI is InChI=1S/C28H33N5O4/c34-27(35)24(21-7-9-29-15-21)13-18-3-1-5-20(11-18)26-17-33(32-31-26)23-6-2-4-19(12-23)14-25(28(36)37)22-8-10-30-16-22/h1-6,11-12,17,21-22,24-25,29-30H,7-10,13-16H2,(H,34,35)(H,36,37). The van der Waals surface area contributed by atoms with Crippen LogP contribution in [0.1, 0.15) is 24.0 Å². The molecule has 0 amide bonds. The minimum absolute atomic E-state index is 0.136. The molecule has 4 atom stereocenters. The third-order valence-corrected chi connectivity index (χ3v) is 7.77. The van der Waals surface area contributed by atoms with Crippen molar-refractivity contribution in [1.82, 2.24) is 25.6 Å². The molecule has 0 spiro atoms. The van der Waals surface area contributed by atoms with Crippen LogP contribution in [0.25, 0.3) is 16.9 Å². The molecular weight excluding hydrogens is 470 g/mol. The highest BCUT2D eigenvalue weighted by molar-refractivity contribution is 5.71. The highest BCUT2D eigenvalue weighted by Crippen LogP contribution is 2.27. The van der Waals surface area contributed by atoms with Gasteiger partial charge in [-0.05, 0) is 93.0 Å². The second-order valence-electron chi connectivity index (χ2n) is 10.2. The number of rotatable bonds is 10. The number of carbonyl (C=O) groups is 2. The van der Waals surface area contributed by atoms with Crippen molar-refractivity contribution >= 4 is 11.9 Å². The summed E-state index contributed by atoms with van der Waals surface area (Å²) in [5.74, 6) is -2.07. The van der Waals surface area contributed by atoms with Gasteiger partial charge in [-0.15, -0.1) is 5.10 Å². The van der Waals surface area contributed by atoms with Crippen molar-refractivity contribution in [2.75, 3.05) is 26.2 Å². The van der Waals surface area contributed by atoms with Gasteiger partial charge < -0.3 is 20.8 Å². The number of aliphatic carboxylic acids is 2. The van der Waals surface area contributed by atoms with E-state index in [0.29, 0.717) is 18.5 Å². The lowest BCUT2D eigenvalue weighted by Gasteiger charge is -2.19. The molecule has 0 saturated carbocycles. The Balaban J connectivity index is 1.32. The van der Waals surface area contributed by atoms with Crippen molar-refractivity contribution in [2.24, 2.45) is 23.7 Å². The fourth-order valence-corrected chi connectivity index (χ4v) is 5.67. The average molecular weight is 504 g/mol. The molecule has 3 heterocycles. The lowest BCUT2D eigenvalue weighted by Crippen LogP contribution is -2.27. The number of hydrogen-bond acceptors (Lipinski definition) is 6. The van der Waals surface area contributed by atoms with E-state index in [1.165, 1.54) is 0 Å². The Kier molecular flexibility index (Phi) is 7.62. The number of carboxylic acid groups (broad SMARTS) is 2. The molecule has 4 unspecified atom stereocenters. The van der Waals surface area contributed by atoms with E-state index in [1.807, 2.05) is 54.7 Å². The normalized spacial score (nSPS) is 21.1. The Morgan fingerprint density at radius 1 is 0.892 bits per heavy atom. The van der Waals surface area contributed by atoms with E-state index in [1.54, 1.807) is 4.68 Å². The minimum atomic E-state index is -0.753. The smallest absolute Gasteiger partial charge is 0.307 e. The zero-order valence-electron chi connectivity index (χ0n) is 20.7. The van der Waals surface area contributed by atoms with E-state index >= 15 is 0 Å². The first kappa shape index (κ1) is 25.1. The van der Waals surface area contributed by atoms with E-state index in [2.05, 4.69) is 20.9 Å². The van der Waals surface area contributed by atoms with Crippen LogP contribution in [0.5, 0.6) is 0 Å². The molecule has 9 nitrogen and oxygen atoms in total. The van der Waals surface area contributed by atoms with E-state index < -0.39 is 23.8 Å². The third-order valence-electron chi connectivity index (χ3n) is 7.77. The first-order chi connectivity index (χ1) is 18.0. The number of carboxylic acids is 2. The first-order valence-electron chi connectivity index (χ1n) is 13.0. The molecule has 4 N–H and O–H groups in total. The van der Waals surface area contributed by atoms with Crippen molar-refractivity contribution < 1.29 is 19.8 Å². The first-order valence-corrected chi connectivity index (χ1v) is 13.0. The van der Waals surface area contributed by atoms with Crippen LogP contribution in [-0.2, 0) is 22.4 Å². The maximum Gasteiger partial charge on any atom is 0.307 e. The van der Waals surface area contributed by atoms with Gasteiger partial charge in [-0.1, -0.05) is 35.5 Å². The van der Waals surface area contributed by atoms with Crippen LogP contribution in [0.15, 0.2) is 54.7 Å². The summed E-state index contributed by atoms with van der Waals surface area (Å²) in [6.07, 6.45) is 4.57. The van der Waals surface area contributed by atoms with E-state index in [4.69, 9.17) is 0 Å². The number of benzene rings is 2. The number of nitrogens with one attached hydrogen (secondary N) is 2. The number of nitrogens with zero attached hydrogens (tertiary/aromatic N) is 3. The molecule has 194 valence electrons. The number of hydrogen-bond donors (Lipinski definition) is 4. The van der Waals surface area contributed by atoms with Gasteiger partial charge >= 0.3 is 11.9 Å². The molecule has 3 aromatic rings. The van der Waals surface area contributed by atoms with Crippen LogP contribution in [0, 0.1) is 23.7 Å². The summed E-state index contributed by atoms with van der Waals surface area (Å²) in [5.41, 5.74) is 4.32. The van der Waals surface area contributed by atoms with Crippen molar-refractivity contribution in [3.8, 4) is 16.9 Å². The maximum absolute atomic E-state index is 11.9. The molecule has 2 aliphatic rings. The molecule has 0 bridgehead atoms. The Bertz CT molecular complexity index is 1150. The Morgan fingerprint density at radius 2 is 1.49 bits per heavy atom. The summed E-state index contributed by atoms with van der Waals surface area (Å²) in [4.78, 5) is 23.8. The highest BCUT2D eigenvalue weighted by Gasteiger charge is 2.31. The molecule has 0 aliphatic carbocycles. The molecule has 1 aromatic heterocycles. The zero-order valence-corrected chi connectivity index (χ0v) is 20.7. The van der Waals surface area contributed by atoms with Crippen LogP contribution in [0.3, 0.4) is 0 Å². The van der Waals surface area contributed by atoms with Gasteiger partial charge in [0.15, 0.2) is 0 Å². The van der Waals surface area contributed by atoms with Crippen LogP contribution >= 0.6 is 0 Å². The van der Waals surface area contributed by atoms with Crippen molar-refractivity contribution in [3.63, 3.8) is 0 Å². The van der Waals surface area contributed by atoms with Gasteiger partial charge in [0.2, 0.25) is 0 Å². The predicted molar refractivity (Wildman–Crippen MR) is 138 cm³/mol. The van der Waals surface area contributed by atoms with Crippen LogP contribution in [-0.4, -0.2) is 63.3 Å². The van der Waals surface area contributed by atoms with Gasteiger partial charge in [-0.3, -0.25) is 9.59 Å². The van der Waals surface area contributed by atoms with E-state index in [0.717, 1.165) is 61.4 Å². The predicted octanol–water partition coefficient (Wildman–Crippen LogP) is 2.64. The van der Waals surface area contributed by atoms with Gasteiger partial charge in [-0.25, -0.2) is 4.68 Å². The molecule has 5 rings (SSSR count). The Morgan fingerprint density at radius 3 is 2.05 bits per heavy atom. The highest BCUT2D eigenvalue weighted by atomic mass is 16.4. The van der Waals surface area contributed by atoms with Crippen LogP contribution in [0.2, 0.25) is 0 Å². The fourth-order valence-electron chi connectivity index (χ4n) is 5.67. The van der Waals surface area contributed by atoms with E-state index in [-0.39, 0.29) is 11.8 Å². The molecule has 2 aliphatic heterocycles. The summed E-state index contributed by atoms with van der Waals surface area (Å²) in [6.45, 7) is 3.22. The van der Waals surface area contributed by atoms with Gasteiger partial charge in [0.1, 0.15) is 5.69 Å². The lowest BCUT2D eigenvalue weighted by molar-refractivity contribution is -0.144. The van der Waals surface area contributed by atoms with Crippen molar-refractivity contribution in [1.29, 1.82) is 0 Å². The summed E-state index contributed by atoms with van der Waals surface area (Å²) in [6, 6.07) is 15.6. The fraction of sp³-hybridized carbons (Fsp3) is 0.429. The summed E-state index contributed by atoms with van der Waals surface area (Å²) >= 11 is 0. The summed E-state index contributed by atoms with van der Waals surface area (Å²) < 4.78 is 1.70. The van der Waals surface area contributed by atoms with Crippen molar-refractivity contribution in [3.05, 3.63) is 65.9 Å². The SMILES string of the molecule is O=C(O)C(Cc1cccc(-c2cn(-c3cccc(CC(C(=O)O)C4CCNC4)c3)nn2)c1)C1CCNC1. The van der Waals surface area contributed by atoms with Crippen molar-refractivity contribution in [2.45, 2.75) is 25.7 Å². The quantitative estimate of drug-likeness (QED) is 0.332. The summed E-state index contributed by atoms with van der Waals surface area (Å²) in [5, 5.41) is 34.8. The average Bonchev–Trinajstić information content (AvgIpc) is 3.69.